The van der Waals surface area contributed by atoms with Crippen LogP contribution in [-0.2, 0) is 31.3 Å². The predicted octanol–water partition coefficient (Wildman–Crippen LogP) is 1.12. The van der Waals surface area contributed by atoms with Gasteiger partial charge < -0.3 is 16.4 Å². The quantitative estimate of drug-likeness (QED) is 0.553. The number of hydrogen-bond acceptors (Lipinski definition) is 4. The van der Waals surface area contributed by atoms with Gasteiger partial charge in [-0.3, -0.25) is 24.1 Å². The number of aryl methyl sites for hydroxylation is 1. The average Bonchev–Trinajstić information content (AvgIpc) is 3.37. The van der Waals surface area contributed by atoms with Crippen molar-refractivity contribution in [1.82, 2.24) is 4.90 Å². The van der Waals surface area contributed by atoms with Crippen molar-refractivity contribution in [3.8, 4) is 0 Å². The van der Waals surface area contributed by atoms with Crippen molar-refractivity contribution in [2.45, 2.75) is 44.8 Å². The minimum Gasteiger partial charge on any atom is -0.370 e. The number of hydrogen-bond donors (Lipinski definition) is 3. The highest BCUT2D eigenvalue weighted by Gasteiger charge is 2.74. The summed E-state index contributed by atoms with van der Waals surface area (Å²) < 4.78 is 0. The largest absolute Gasteiger partial charge is 0.370 e. The number of amides is 4. The van der Waals surface area contributed by atoms with Gasteiger partial charge in [0.1, 0.15) is 17.9 Å². The molecule has 0 radical (unpaired) electrons. The molecule has 0 unspecified atom stereocenters. The predicted molar refractivity (Wildman–Crippen MR) is 124 cm³/mol. The Morgan fingerprint density at radius 1 is 1.15 bits per heavy atom. The van der Waals surface area contributed by atoms with Crippen LogP contribution in [0.4, 0.5) is 5.69 Å². The second-order valence-corrected chi connectivity index (χ2v) is 9.85. The third-order valence-corrected chi connectivity index (χ3v) is 8.05. The van der Waals surface area contributed by atoms with Gasteiger partial charge in [-0.25, -0.2) is 0 Å². The zero-order valence-electron chi connectivity index (χ0n) is 18.9. The number of fused-ring (bicyclic) bond motifs is 4. The van der Waals surface area contributed by atoms with E-state index in [1.165, 1.54) is 4.90 Å². The van der Waals surface area contributed by atoms with Gasteiger partial charge in [0.25, 0.3) is 5.91 Å². The molecule has 0 aliphatic carbocycles. The molecule has 34 heavy (non-hydrogen) atoms. The summed E-state index contributed by atoms with van der Waals surface area (Å²) >= 11 is 6.30. The summed E-state index contributed by atoms with van der Waals surface area (Å²) in [5, 5.41) is 5.26. The lowest BCUT2D eigenvalue weighted by atomic mass is 9.76. The van der Waals surface area contributed by atoms with E-state index >= 15 is 0 Å². The molecule has 2 aromatic rings. The number of quaternary nitrogens is 1. The average molecular weight is 482 g/mol. The van der Waals surface area contributed by atoms with E-state index in [2.05, 4.69) is 5.32 Å². The van der Waals surface area contributed by atoms with Gasteiger partial charge in [0.15, 0.2) is 0 Å². The first kappa shape index (κ1) is 22.6. The van der Waals surface area contributed by atoms with Crippen LogP contribution in [-0.4, -0.2) is 34.6 Å². The van der Waals surface area contributed by atoms with Gasteiger partial charge in [-0.05, 0) is 42.7 Å². The number of nitrogens with one attached hydrogen (secondary N) is 1. The second-order valence-electron chi connectivity index (χ2n) is 9.45. The first-order valence-electron chi connectivity index (χ1n) is 11.3. The van der Waals surface area contributed by atoms with Crippen LogP contribution in [0.3, 0.4) is 0 Å². The molecule has 1 spiro atoms. The SMILES string of the molecule is Cc1ccc2c(c1C)NC(=O)[C@@]21[NH2+][C@H](CCC(N)=O)[C@H]2C(=O)N(Cc3ccccc3Cl)C(=O)[C@H]21. The summed E-state index contributed by atoms with van der Waals surface area (Å²) in [6.07, 6.45) is 0.360. The highest BCUT2D eigenvalue weighted by molar-refractivity contribution is 6.31. The maximum absolute atomic E-state index is 13.8. The van der Waals surface area contributed by atoms with Crippen LogP contribution in [0.2, 0.25) is 5.02 Å². The molecule has 5 N–H and O–H groups in total. The number of halogens is 1. The summed E-state index contributed by atoms with van der Waals surface area (Å²) in [5.74, 6) is -3.17. The lowest BCUT2D eigenvalue weighted by Gasteiger charge is -2.26. The number of rotatable bonds is 5. The first-order chi connectivity index (χ1) is 16.2. The Kier molecular flexibility index (Phi) is 5.26. The molecule has 8 nitrogen and oxygen atoms in total. The van der Waals surface area contributed by atoms with Crippen molar-refractivity contribution in [1.29, 1.82) is 0 Å². The van der Waals surface area contributed by atoms with E-state index in [9.17, 15) is 19.2 Å². The Labute approximate surface area is 201 Å². The molecule has 4 amide bonds. The van der Waals surface area contributed by atoms with Crippen molar-refractivity contribution in [3.63, 3.8) is 0 Å². The van der Waals surface area contributed by atoms with E-state index in [1.54, 1.807) is 24.3 Å². The fourth-order valence-electron chi connectivity index (χ4n) is 5.87. The van der Waals surface area contributed by atoms with E-state index in [1.807, 2.05) is 31.3 Å². The van der Waals surface area contributed by atoms with Gasteiger partial charge in [-0.1, -0.05) is 35.9 Å². The van der Waals surface area contributed by atoms with E-state index < -0.39 is 35.2 Å². The number of nitrogens with zero attached hydrogens (tertiary/aromatic N) is 1. The normalized spacial score (nSPS) is 27.3. The standard InChI is InChI=1S/C25H25ClN4O4/c1-12-7-8-15-21(13(12)2)28-24(34)25(15)20-19(17(29-25)9-10-18(27)31)22(32)30(23(20)33)11-14-5-3-4-6-16(14)26/h3-8,17,19-20,29H,9-11H2,1-2H3,(H2,27,31)(H,28,34)/p+1/t17-,19-,20+,25-/m1/s1. The van der Waals surface area contributed by atoms with Crippen LogP contribution in [0.1, 0.15) is 35.1 Å². The summed E-state index contributed by atoms with van der Waals surface area (Å²) in [6, 6.07) is 10.4. The molecular formula is C25H26ClN4O4+. The molecule has 0 bridgehead atoms. The maximum Gasteiger partial charge on any atom is 0.291 e. The van der Waals surface area contributed by atoms with Gasteiger partial charge in [0, 0.05) is 23.4 Å². The Balaban J connectivity index is 1.61. The van der Waals surface area contributed by atoms with E-state index in [0.717, 1.165) is 11.1 Å². The number of primary amides is 1. The smallest absolute Gasteiger partial charge is 0.291 e. The number of imide groups is 1. The molecule has 9 heteroatoms. The summed E-state index contributed by atoms with van der Waals surface area (Å²) in [7, 11) is 0. The number of carbonyl (C=O) groups is 4. The lowest BCUT2D eigenvalue weighted by Crippen LogP contribution is -2.99. The van der Waals surface area contributed by atoms with Crippen molar-refractivity contribution >= 4 is 40.9 Å². The van der Waals surface area contributed by atoms with Crippen molar-refractivity contribution < 1.29 is 24.5 Å². The van der Waals surface area contributed by atoms with Crippen molar-refractivity contribution in [3.05, 3.63) is 63.7 Å². The third-order valence-electron chi connectivity index (χ3n) is 7.68. The van der Waals surface area contributed by atoms with Gasteiger partial charge in [-0.2, -0.15) is 0 Å². The Morgan fingerprint density at radius 2 is 1.88 bits per heavy atom. The van der Waals surface area contributed by atoms with Crippen LogP contribution in [0.25, 0.3) is 0 Å². The van der Waals surface area contributed by atoms with Crippen LogP contribution in [0.5, 0.6) is 0 Å². The molecule has 0 aromatic heterocycles. The van der Waals surface area contributed by atoms with E-state index in [0.29, 0.717) is 28.3 Å². The topological polar surface area (TPSA) is 126 Å². The lowest BCUT2D eigenvalue weighted by molar-refractivity contribution is -0.734. The zero-order valence-corrected chi connectivity index (χ0v) is 19.7. The van der Waals surface area contributed by atoms with Crippen LogP contribution >= 0.6 is 11.6 Å². The molecule has 3 aliphatic heterocycles. The van der Waals surface area contributed by atoms with E-state index in [4.69, 9.17) is 17.3 Å². The Bertz CT molecular complexity index is 1260. The molecule has 2 fully saturated rings. The number of likely N-dealkylation sites (tertiary alicyclic amines) is 1. The monoisotopic (exact) mass is 481 g/mol. The first-order valence-corrected chi connectivity index (χ1v) is 11.7. The van der Waals surface area contributed by atoms with Crippen molar-refractivity contribution in [2.24, 2.45) is 17.6 Å². The minimum absolute atomic E-state index is 0.0321. The zero-order chi connectivity index (χ0) is 24.4. The Morgan fingerprint density at radius 3 is 2.59 bits per heavy atom. The summed E-state index contributed by atoms with van der Waals surface area (Å²) in [6.45, 7) is 3.92. The number of carbonyl (C=O) groups excluding carboxylic acids is 4. The summed E-state index contributed by atoms with van der Waals surface area (Å²) in [4.78, 5) is 53.8. The molecule has 3 aliphatic rings. The highest BCUT2D eigenvalue weighted by atomic mass is 35.5. The second kappa shape index (κ2) is 7.92. The Hall–Kier alpha value is -3.23. The summed E-state index contributed by atoms with van der Waals surface area (Å²) in [5.41, 5.74) is 8.12. The van der Waals surface area contributed by atoms with Crippen LogP contribution in [0.15, 0.2) is 36.4 Å². The fraction of sp³-hybridized carbons (Fsp3) is 0.360. The molecule has 176 valence electrons. The minimum atomic E-state index is -1.28. The van der Waals surface area contributed by atoms with Crippen molar-refractivity contribution in [2.75, 3.05) is 5.32 Å². The third kappa shape index (κ3) is 3.09. The van der Waals surface area contributed by atoms with Crippen LogP contribution < -0.4 is 16.4 Å². The molecule has 2 saturated heterocycles. The number of nitrogens with two attached hydrogens (primary N) is 2. The fourth-order valence-corrected chi connectivity index (χ4v) is 6.06. The molecule has 0 saturated carbocycles. The molecule has 2 aromatic carbocycles. The highest BCUT2D eigenvalue weighted by Crippen LogP contribution is 2.50. The molecule has 5 rings (SSSR count). The molecule has 3 heterocycles. The number of anilines is 1. The van der Waals surface area contributed by atoms with Gasteiger partial charge in [0.2, 0.25) is 23.3 Å². The van der Waals surface area contributed by atoms with E-state index in [-0.39, 0.29) is 24.8 Å². The molecular weight excluding hydrogens is 456 g/mol. The van der Waals surface area contributed by atoms with Gasteiger partial charge in [0.05, 0.1) is 12.2 Å². The molecule has 4 atom stereocenters. The van der Waals surface area contributed by atoms with Gasteiger partial charge >= 0.3 is 0 Å². The number of benzene rings is 2. The van der Waals surface area contributed by atoms with Crippen LogP contribution in [0, 0.1) is 25.7 Å². The van der Waals surface area contributed by atoms with Gasteiger partial charge in [-0.15, -0.1) is 0 Å². The maximum atomic E-state index is 13.8.